The lowest BCUT2D eigenvalue weighted by molar-refractivity contribution is 1.13. The van der Waals surface area contributed by atoms with Crippen LogP contribution in [0.15, 0.2) is 42.5 Å². The largest absolute Gasteiger partial charge is 0.389 e. The van der Waals surface area contributed by atoms with E-state index in [0.717, 1.165) is 28.2 Å². The molecule has 0 heterocycles. The van der Waals surface area contributed by atoms with Crippen molar-refractivity contribution in [3.05, 3.63) is 53.6 Å². The van der Waals surface area contributed by atoms with Gasteiger partial charge in [-0.05, 0) is 42.8 Å². The van der Waals surface area contributed by atoms with Gasteiger partial charge in [0.2, 0.25) is 0 Å². The van der Waals surface area contributed by atoms with Gasteiger partial charge in [-0.1, -0.05) is 24.4 Å². The summed E-state index contributed by atoms with van der Waals surface area (Å²) in [5.74, 6) is 0. The van der Waals surface area contributed by atoms with Crippen LogP contribution in [0.5, 0.6) is 0 Å². The molecule has 0 bridgehead atoms. The maximum Gasteiger partial charge on any atom is 0.106 e. The molecule has 0 fully saturated rings. The minimum atomic E-state index is 0.399. The quantitative estimate of drug-likeness (QED) is 0.844. The first-order valence-electron chi connectivity index (χ1n) is 6.42. The van der Waals surface area contributed by atoms with Gasteiger partial charge in [-0.15, -0.1) is 0 Å². The van der Waals surface area contributed by atoms with Crippen LogP contribution in [-0.2, 0) is 0 Å². The number of aryl methyl sites for hydroxylation is 1. The summed E-state index contributed by atoms with van der Waals surface area (Å²) in [5.41, 5.74) is 10.9. The molecule has 0 saturated heterocycles. The first-order chi connectivity index (χ1) is 9.47. The van der Waals surface area contributed by atoms with Crippen molar-refractivity contribution in [2.24, 2.45) is 5.73 Å². The molecular weight excluding hydrogens is 266 g/mol. The van der Waals surface area contributed by atoms with Crippen LogP contribution in [0.25, 0.3) is 0 Å². The van der Waals surface area contributed by atoms with E-state index < -0.39 is 0 Å². The van der Waals surface area contributed by atoms with Gasteiger partial charge in [0, 0.05) is 36.7 Å². The number of benzene rings is 2. The van der Waals surface area contributed by atoms with Gasteiger partial charge < -0.3 is 16.0 Å². The second-order valence-electron chi connectivity index (χ2n) is 4.98. The third-order valence-corrected chi connectivity index (χ3v) is 3.30. The maximum atomic E-state index is 5.78. The SMILES string of the molecule is Cc1ccc(C(N)=S)c(Nc2cccc(N(C)C)c2)c1. The van der Waals surface area contributed by atoms with Crippen LogP contribution in [0.4, 0.5) is 17.1 Å². The Hall–Kier alpha value is -2.07. The minimum absolute atomic E-state index is 0.399. The number of nitrogens with one attached hydrogen (secondary N) is 1. The number of rotatable bonds is 4. The van der Waals surface area contributed by atoms with E-state index in [4.69, 9.17) is 18.0 Å². The predicted molar refractivity (Wildman–Crippen MR) is 91.1 cm³/mol. The molecule has 2 aromatic rings. The summed E-state index contributed by atoms with van der Waals surface area (Å²) < 4.78 is 0. The summed E-state index contributed by atoms with van der Waals surface area (Å²) >= 11 is 5.11. The van der Waals surface area contributed by atoms with Crippen LogP contribution in [0, 0.1) is 6.92 Å². The molecule has 20 heavy (non-hydrogen) atoms. The lowest BCUT2D eigenvalue weighted by Crippen LogP contribution is -2.12. The topological polar surface area (TPSA) is 41.3 Å². The van der Waals surface area contributed by atoms with E-state index in [1.54, 1.807) is 0 Å². The second-order valence-corrected chi connectivity index (χ2v) is 5.42. The summed E-state index contributed by atoms with van der Waals surface area (Å²) in [6, 6.07) is 14.2. The van der Waals surface area contributed by atoms with Crippen LogP contribution in [0.3, 0.4) is 0 Å². The Bertz CT molecular complexity index is 635. The van der Waals surface area contributed by atoms with Crippen molar-refractivity contribution in [1.82, 2.24) is 0 Å². The smallest absolute Gasteiger partial charge is 0.106 e. The van der Waals surface area contributed by atoms with Gasteiger partial charge in [-0.25, -0.2) is 0 Å². The molecule has 0 saturated carbocycles. The molecule has 3 N–H and O–H groups in total. The zero-order chi connectivity index (χ0) is 14.7. The van der Waals surface area contributed by atoms with Crippen LogP contribution in [0.2, 0.25) is 0 Å². The van der Waals surface area contributed by atoms with E-state index >= 15 is 0 Å². The molecule has 0 atom stereocenters. The summed E-state index contributed by atoms with van der Waals surface area (Å²) in [4.78, 5) is 2.46. The molecule has 0 radical (unpaired) electrons. The fourth-order valence-corrected chi connectivity index (χ4v) is 2.17. The van der Waals surface area contributed by atoms with Crippen molar-refractivity contribution in [3.8, 4) is 0 Å². The average molecular weight is 285 g/mol. The number of nitrogens with zero attached hydrogens (tertiary/aromatic N) is 1. The van der Waals surface area contributed by atoms with E-state index in [2.05, 4.69) is 28.4 Å². The van der Waals surface area contributed by atoms with E-state index in [9.17, 15) is 0 Å². The molecule has 0 aliphatic heterocycles. The van der Waals surface area contributed by atoms with Gasteiger partial charge in [0.25, 0.3) is 0 Å². The molecule has 104 valence electrons. The number of anilines is 3. The predicted octanol–water partition coefficient (Wildman–Crippen LogP) is 3.44. The van der Waals surface area contributed by atoms with E-state index in [1.165, 1.54) is 0 Å². The van der Waals surface area contributed by atoms with Crippen molar-refractivity contribution in [3.63, 3.8) is 0 Å². The van der Waals surface area contributed by atoms with E-state index in [1.807, 2.05) is 45.3 Å². The molecule has 3 nitrogen and oxygen atoms in total. The molecule has 0 spiro atoms. The maximum absolute atomic E-state index is 5.78. The third kappa shape index (κ3) is 3.27. The van der Waals surface area contributed by atoms with Crippen LogP contribution < -0.4 is 16.0 Å². The normalized spacial score (nSPS) is 10.2. The highest BCUT2D eigenvalue weighted by Crippen LogP contribution is 2.25. The first kappa shape index (κ1) is 14.3. The summed E-state index contributed by atoms with van der Waals surface area (Å²) in [5, 5.41) is 3.40. The number of hydrogen-bond acceptors (Lipinski definition) is 3. The monoisotopic (exact) mass is 285 g/mol. The van der Waals surface area contributed by atoms with Crippen molar-refractivity contribution in [2.45, 2.75) is 6.92 Å². The zero-order valence-electron chi connectivity index (χ0n) is 12.0. The molecule has 0 amide bonds. The molecule has 2 rings (SSSR count). The standard InChI is InChI=1S/C16H19N3S/c1-11-7-8-14(16(17)20)15(9-11)18-12-5-4-6-13(10-12)19(2)3/h4-10,18H,1-3H3,(H2,17,20). The van der Waals surface area contributed by atoms with Crippen molar-refractivity contribution in [2.75, 3.05) is 24.3 Å². The molecule has 4 heteroatoms. The van der Waals surface area contributed by atoms with Gasteiger partial charge in [-0.3, -0.25) is 0 Å². The van der Waals surface area contributed by atoms with Crippen molar-refractivity contribution >= 4 is 34.3 Å². The van der Waals surface area contributed by atoms with Crippen LogP contribution in [-0.4, -0.2) is 19.1 Å². The molecule has 0 aliphatic carbocycles. The Morgan fingerprint density at radius 1 is 1.15 bits per heavy atom. The number of hydrogen-bond donors (Lipinski definition) is 2. The second kappa shape index (κ2) is 5.92. The molecule has 0 aromatic heterocycles. The Labute approximate surface area is 125 Å². The van der Waals surface area contributed by atoms with E-state index in [0.29, 0.717) is 4.99 Å². The Balaban J connectivity index is 2.36. The van der Waals surface area contributed by atoms with Gasteiger partial charge in [-0.2, -0.15) is 0 Å². The van der Waals surface area contributed by atoms with Gasteiger partial charge >= 0.3 is 0 Å². The van der Waals surface area contributed by atoms with Gasteiger partial charge in [0.1, 0.15) is 4.99 Å². The Morgan fingerprint density at radius 3 is 2.55 bits per heavy atom. The fraction of sp³-hybridized carbons (Fsp3) is 0.188. The zero-order valence-corrected chi connectivity index (χ0v) is 12.8. The molecular formula is C16H19N3S. The first-order valence-corrected chi connectivity index (χ1v) is 6.83. The third-order valence-electron chi connectivity index (χ3n) is 3.08. The van der Waals surface area contributed by atoms with Crippen molar-refractivity contribution in [1.29, 1.82) is 0 Å². The molecule has 0 aliphatic rings. The van der Waals surface area contributed by atoms with Gasteiger partial charge in [0.15, 0.2) is 0 Å². The highest BCUT2D eigenvalue weighted by atomic mass is 32.1. The number of thiocarbonyl (C=S) groups is 1. The highest BCUT2D eigenvalue weighted by Gasteiger charge is 2.06. The number of nitrogens with two attached hydrogens (primary N) is 1. The average Bonchev–Trinajstić information content (AvgIpc) is 2.38. The summed E-state index contributed by atoms with van der Waals surface area (Å²) in [6.45, 7) is 2.05. The minimum Gasteiger partial charge on any atom is -0.389 e. The fourth-order valence-electron chi connectivity index (χ4n) is 1.99. The van der Waals surface area contributed by atoms with Crippen molar-refractivity contribution < 1.29 is 0 Å². The Kier molecular flexibility index (Phi) is 4.25. The lowest BCUT2D eigenvalue weighted by atomic mass is 10.1. The lowest BCUT2D eigenvalue weighted by Gasteiger charge is -2.16. The molecule has 2 aromatic carbocycles. The highest BCUT2D eigenvalue weighted by molar-refractivity contribution is 7.80. The molecule has 0 unspecified atom stereocenters. The summed E-state index contributed by atoms with van der Waals surface area (Å²) in [6.07, 6.45) is 0. The summed E-state index contributed by atoms with van der Waals surface area (Å²) in [7, 11) is 4.04. The van der Waals surface area contributed by atoms with Crippen LogP contribution >= 0.6 is 12.2 Å². The van der Waals surface area contributed by atoms with Crippen LogP contribution in [0.1, 0.15) is 11.1 Å². The van der Waals surface area contributed by atoms with Gasteiger partial charge in [0.05, 0.1) is 0 Å². The Morgan fingerprint density at radius 2 is 1.90 bits per heavy atom. The van der Waals surface area contributed by atoms with E-state index in [-0.39, 0.29) is 0 Å².